The van der Waals surface area contributed by atoms with Gasteiger partial charge in [0.1, 0.15) is 10.7 Å². The highest BCUT2D eigenvalue weighted by atomic mass is 32.1. The van der Waals surface area contributed by atoms with Crippen molar-refractivity contribution in [3.63, 3.8) is 0 Å². The second-order valence-corrected chi connectivity index (χ2v) is 8.30. The molecule has 0 aliphatic heterocycles. The molecule has 4 rings (SSSR count). The van der Waals surface area contributed by atoms with E-state index in [4.69, 9.17) is 0 Å². The summed E-state index contributed by atoms with van der Waals surface area (Å²) in [5.74, 6) is -0.0337. The summed E-state index contributed by atoms with van der Waals surface area (Å²) in [4.78, 5) is 19.9. The van der Waals surface area contributed by atoms with E-state index >= 15 is 0 Å². The summed E-state index contributed by atoms with van der Waals surface area (Å²) in [5, 5.41) is 12.2. The van der Waals surface area contributed by atoms with Gasteiger partial charge in [-0.15, -0.1) is 22.7 Å². The lowest BCUT2D eigenvalue weighted by Crippen LogP contribution is -2.28. The number of amides is 1. The highest BCUT2D eigenvalue weighted by molar-refractivity contribution is 7.20. The van der Waals surface area contributed by atoms with E-state index in [0.717, 1.165) is 39.7 Å². The van der Waals surface area contributed by atoms with Crippen LogP contribution in [0, 0.1) is 0 Å². The van der Waals surface area contributed by atoms with Crippen molar-refractivity contribution in [1.29, 1.82) is 0 Å². The Balaban J connectivity index is 1.30. The molecule has 0 radical (unpaired) electrons. The van der Waals surface area contributed by atoms with Gasteiger partial charge in [-0.3, -0.25) is 9.89 Å². The van der Waals surface area contributed by atoms with E-state index in [-0.39, 0.29) is 5.91 Å². The number of aromatic nitrogens is 3. The molecule has 0 aliphatic carbocycles. The summed E-state index contributed by atoms with van der Waals surface area (Å²) in [6.45, 7) is 0.671. The van der Waals surface area contributed by atoms with Gasteiger partial charge in [0.15, 0.2) is 0 Å². The van der Waals surface area contributed by atoms with Crippen molar-refractivity contribution in [3.8, 4) is 21.1 Å². The number of aromatic amines is 1. The summed E-state index contributed by atoms with van der Waals surface area (Å²) < 4.78 is 0. The SMILES string of the molecule is CN(CCCc1cc(-c2ccccc2)n[nH]1)C(=O)c1csc(-c2cccs2)n1. The van der Waals surface area contributed by atoms with Gasteiger partial charge in [-0.05, 0) is 30.4 Å². The molecule has 5 nitrogen and oxygen atoms in total. The van der Waals surface area contributed by atoms with Crippen molar-refractivity contribution in [2.45, 2.75) is 12.8 Å². The van der Waals surface area contributed by atoms with Crippen molar-refractivity contribution in [2.75, 3.05) is 13.6 Å². The maximum atomic E-state index is 12.6. The number of hydrogen-bond acceptors (Lipinski definition) is 5. The molecule has 0 aliphatic rings. The first kappa shape index (κ1) is 18.6. The predicted octanol–water partition coefficient (Wildman–Crippen LogP) is 4.97. The average molecular weight is 409 g/mol. The third-order valence-electron chi connectivity index (χ3n) is 4.44. The van der Waals surface area contributed by atoms with Crippen LogP contribution in [0.4, 0.5) is 0 Å². The number of nitrogens with one attached hydrogen (secondary N) is 1. The van der Waals surface area contributed by atoms with Crippen molar-refractivity contribution in [3.05, 3.63) is 70.7 Å². The molecule has 142 valence electrons. The van der Waals surface area contributed by atoms with Crippen LogP contribution < -0.4 is 0 Å². The number of carbonyl (C=O) groups excluding carboxylic acids is 1. The molecule has 0 saturated carbocycles. The molecule has 1 aromatic carbocycles. The monoisotopic (exact) mass is 408 g/mol. The van der Waals surface area contributed by atoms with Gasteiger partial charge in [-0.1, -0.05) is 36.4 Å². The van der Waals surface area contributed by atoms with Crippen LogP contribution in [-0.4, -0.2) is 39.6 Å². The highest BCUT2D eigenvalue weighted by Gasteiger charge is 2.16. The van der Waals surface area contributed by atoms with Gasteiger partial charge in [-0.25, -0.2) is 4.98 Å². The lowest BCUT2D eigenvalue weighted by Gasteiger charge is -2.15. The molecular formula is C21H20N4OS2. The zero-order valence-electron chi connectivity index (χ0n) is 15.5. The average Bonchev–Trinajstić information content (AvgIpc) is 3.49. The van der Waals surface area contributed by atoms with Gasteiger partial charge in [-0.2, -0.15) is 5.10 Å². The number of carbonyl (C=O) groups is 1. The van der Waals surface area contributed by atoms with Gasteiger partial charge in [0.25, 0.3) is 5.91 Å². The molecule has 3 aromatic heterocycles. The van der Waals surface area contributed by atoms with Gasteiger partial charge < -0.3 is 4.90 Å². The lowest BCUT2D eigenvalue weighted by molar-refractivity contribution is 0.0788. The minimum atomic E-state index is -0.0337. The number of nitrogens with zero attached hydrogens (tertiary/aromatic N) is 3. The lowest BCUT2D eigenvalue weighted by atomic mass is 10.1. The fraction of sp³-hybridized carbons (Fsp3) is 0.190. The number of benzene rings is 1. The number of rotatable bonds is 7. The molecule has 0 atom stereocenters. The van der Waals surface area contributed by atoms with Crippen LogP contribution in [0.25, 0.3) is 21.1 Å². The fourth-order valence-electron chi connectivity index (χ4n) is 2.94. The van der Waals surface area contributed by atoms with E-state index in [0.29, 0.717) is 12.2 Å². The van der Waals surface area contributed by atoms with E-state index < -0.39 is 0 Å². The Kier molecular flexibility index (Phi) is 5.64. The van der Waals surface area contributed by atoms with Crippen LogP contribution >= 0.6 is 22.7 Å². The zero-order valence-corrected chi connectivity index (χ0v) is 17.1. The topological polar surface area (TPSA) is 61.9 Å². The van der Waals surface area contributed by atoms with Gasteiger partial charge in [0, 0.05) is 30.2 Å². The Morgan fingerprint density at radius 3 is 2.79 bits per heavy atom. The Labute approximate surface area is 171 Å². The van der Waals surface area contributed by atoms with E-state index in [1.54, 1.807) is 16.2 Å². The molecule has 0 unspecified atom stereocenters. The van der Waals surface area contributed by atoms with Gasteiger partial charge in [0.2, 0.25) is 0 Å². The van der Waals surface area contributed by atoms with Crippen LogP contribution in [0.1, 0.15) is 22.6 Å². The molecule has 0 spiro atoms. The molecule has 0 saturated heterocycles. The van der Waals surface area contributed by atoms with Crippen LogP contribution in [0.15, 0.2) is 59.3 Å². The molecule has 0 bridgehead atoms. The van der Waals surface area contributed by atoms with Crippen molar-refractivity contribution < 1.29 is 4.79 Å². The minimum absolute atomic E-state index is 0.0337. The maximum Gasteiger partial charge on any atom is 0.273 e. The molecule has 3 heterocycles. The van der Waals surface area contributed by atoms with Gasteiger partial charge >= 0.3 is 0 Å². The quantitative estimate of drug-likeness (QED) is 0.470. The van der Waals surface area contributed by atoms with Crippen LogP contribution in [0.2, 0.25) is 0 Å². The number of H-pyrrole nitrogens is 1. The van der Waals surface area contributed by atoms with E-state index in [1.165, 1.54) is 11.3 Å². The Bertz CT molecular complexity index is 1040. The standard InChI is InChI=1S/C21H20N4OS2/c1-25(21(26)18-14-28-20(22-18)19-10-6-12-27-19)11-5-9-16-13-17(24-23-16)15-7-3-2-4-8-15/h2-4,6-8,10,12-14H,5,9,11H2,1H3,(H,23,24). The van der Waals surface area contributed by atoms with Crippen molar-refractivity contribution >= 4 is 28.6 Å². The zero-order chi connectivity index (χ0) is 19.3. The second kappa shape index (κ2) is 8.50. The van der Waals surface area contributed by atoms with E-state index in [2.05, 4.69) is 21.2 Å². The number of hydrogen-bond donors (Lipinski definition) is 1. The highest BCUT2D eigenvalue weighted by Crippen LogP contribution is 2.28. The number of thiazole rings is 1. The van der Waals surface area contributed by atoms with Gasteiger partial charge in [0.05, 0.1) is 10.6 Å². The summed E-state index contributed by atoms with van der Waals surface area (Å²) in [6.07, 6.45) is 1.70. The first-order chi connectivity index (χ1) is 13.7. The normalized spacial score (nSPS) is 10.9. The summed E-state index contributed by atoms with van der Waals surface area (Å²) in [7, 11) is 1.83. The fourth-order valence-corrected chi connectivity index (χ4v) is 4.54. The number of aryl methyl sites for hydroxylation is 1. The molecule has 0 fully saturated rings. The Hall–Kier alpha value is -2.77. The first-order valence-corrected chi connectivity index (χ1v) is 10.8. The molecule has 28 heavy (non-hydrogen) atoms. The summed E-state index contributed by atoms with van der Waals surface area (Å²) in [6, 6.07) is 16.2. The van der Waals surface area contributed by atoms with E-state index in [9.17, 15) is 4.79 Å². The van der Waals surface area contributed by atoms with Crippen LogP contribution in [0.3, 0.4) is 0 Å². The third-order valence-corrected chi connectivity index (χ3v) is 6.32. The molecule has 1 amide bonds. The molecule has 7 heteroatoms. The largest absolute Gasteiger partial charge is 0.340 e. The molecule has 1 N–H and O–H groups in total. The third kappa shape index (κ3) is 4.21. The predicted molar refractivity (Wildman–Crippen MR) is 115 cm³/mol. The van der Waals surface area contributed by atoms with Crippen LogP contribution in [0.5, 0.6) is 0 Å². The van der Waals surface area contributed by atoms with Crippen molar-refractivity contribution in [2.24, 2.45) is 0 Å². The van der Waals surface area contributed by atoms with Crippen LogP contribution in [-0.2, 0) is 6.42 Å². The Morgan fingerprint density at radius 2 is 2.00 bits per heavy atom. The van der Waals surface area contributed by atoms with E-state index in [1.807, 2.05) is 60.3 Å². The first-order valence-electron chi connectivity index (χ1n) is 9.05. The number of thiophene rings is 1. The Morgan fingerprint density at radius 1 is 1.14 bits per heavy atom. The van der Waals surface area contributed by atoms with Crippen molar-refractivity contribution in [1.82, 2.24) is 20.1 Å². The maximum absolute atomic E-state index is 12.6. The molecular weight excluding hydrogens is 388 g/mol. The molecule has 4 aromatic rings. The second-order valence-electron chi connectivity index (χ2n) is 6.49. The summed E-state index contributed by atoms with van der Waals surface area (Å²) >= 11 is 3.15. The minimum Gasteiger partial charge on any atom is -0.340 e. The summed E-state index contributed by atoms with van der Waals surface area (Å²) in [5.41, 5.74) is 3.64. The smallest absolute Gasteiger partial charge is 0.273 e.